The number of ether oxygens (including phenoxy) is 1. The molecule has 1 amide bonds. The highest BCUT2D eigenvalue weighted by atomic mass is 32.1. The fourth-order valence-corrected chi connectivity index (χ4v) is 3.62. The molecular formula is C26H26FN3O2S2. The molecule has 4 aromatic rings. The second-order valence-electron chi connectivity index (χ2n) is 6.70. The molecule has 0 aliphatic rings. The van der Waals surface area contributed by atoms with Gasteiger partial charge in [0.15, 0.2) is 11.6 Å². The minimum absolute atomic E-state index is 0.0730. The van der Waals surface area contributed by atoms with Crippen molar-refractivity contribution in [2.24, 2.45) is 0 Å². The van der Waals surface area contributed by atoms with Gasteiger partial charge in [0.2, 0.25) is 5.91 Å². The average molecular weight is 496 g/mol. The second-order valence-corrected chi connectivity index (χ2v) is 7.85. The van der Waals surface area contributed by atoms with E-state index in [4.69, 9.17) is 4.74 Å². The maximum Gasteiger partial charge on any atom is 0.228 e. The topological polar surface area (TPSA) is 63.2 Å². The molecule has 0 saturated heterocycles. The van der Waals surface area contributed by atoms with E-state index in [1.54, 1.807) is 37.5 Å². The summed E-state index contributed by atoms with van der Waals surface area (Å²) in [7, 11) is 1.74. The van der Waals surface area contributed by atoms with Gasteiger partial charge in [0.05, 0.1) is 22.1 Å². The summed E-state index contributed by atoms with van der Waals surface area (Å²) in [6.07, 6.45) is 3.79. The van der Waals surface area contributed by atoms with Crippen molar-refractivity contribution in [3.8, 4) is 11.5 Å². The Morgan fingerprint density at radius 3 is 2.56 bits per heavy atom. The van der Waals surface area contributed by atoms with Crippen molar-refractivity contribution in [2.75, 3.05) is 12.4 Å². The number of carbonyl (C=O) groups is 1. The quantitative estimate of drug-likeness (QED) is 0.228. The normalized spacial score (nSPS) is 9.50. The van der Waals surface area contributed by atoms with Crippen molar-refractivity contribution in [1.29, 1.82) is 0 Å². The van der Waals surface area contributed by atoms with Gasteiger partial charge < -0.3 is 15.4 Å². The number of amides is 1. The van der Waals surface area contributed by atoms with Crippen LogP contribution in [0, 0.1) is 5.82 Å². The van der Waals surface area contributed by atoms with Crippen LogP contribution in [0.15, 0.2) is 84.9 Å². The van der Waals surface area contributed by atoms with Crippen LogP contribution in [-0.4, -0.2) is 23.4 Å². The summed E-state index contributed by atoms with van der Waals surface area (Å²) in [5, 5.41) is 7.26. The number of nitrogens with zero attached hydrogens (tertiary/aromatic N) is 1. The van der Waals surface area contributed by atoms with E-state index < -0.39 is 5.82 Å². The van der Waals surface area contributed by atoms with Crippen LogP contribution in [0.3, 0.4) is 0 Å². The van der Waals surface area contributed by atoms with Gasteiger partial charge in [-0.3, -0.25) is 9.78 Å². The molecule has 4 rings (SSSR count). The standard InChI is InChI=1S/C14H11FN2OS.C9H9NOS.C3H6/c1-16-9-2-3-12(10(15)8-9)18-13-4-6-17-11-5-7-19-14(11)13;11-9(10-7-12)6-8-4-2-1-3-5-8;1-3-2/h2-8,16H,1H3;1-5,7H,6H2,(H,10,11,12);3H,1H2,2H3. The second kappa shape index (κ2) is 14.5. The van der Waals surface area contributed by atoms with Gasteiger partial charge in [0, 0.05) is 31.1 Å². The van der Waals surface area contributed by atoms with Crippen molar-refractivity contribution in [1.82, 2.24) is 10.3 Å². The lowest BCUT2D eigenvalue weighted by Gasteiger charge is -2.08. The van der Waals surface area contributed by atoms with Crippen LogP contribution in [0.1, 0.15) is 12.5 Å². The summed E-state index contributed by atoms with van der Waals surface area (Å²) in [6, 6.07) is 18.0. The van der Waals surface area contributed by atoms with E-state index >= 15 is 0 Å². The fourth-order valence-electron chi connectivity index (χ4n) is 2.69. The van der Waals surface area contributed by atoms with Crippen LogP contribution in [0.25, 0.3) is 10.2 Å². The van der Waals surface area contributed by atoms with E-state index in [2.05, 4.69) is 34.4 Å². The molecule has 176 valence electrons. The minimum Gasteiger partial charge on any atom is -0.453 e. The first kappa shape index (κ1) is 26.6. The van der Waals surface area contributed by atoms with E-state index in [9.17, 15) is 9.18 Å². The van der Waals surface area contributed by atoms with Gasteiger partial charge in [0.25, 0.3) is 0 Å². The van der Waals surface area contributed by atoms with Gasteiger partial charge in [-0.15, -0.1) is 17.9 Å². The summed E-state index contributed by atoms with van der Waals surface area (Å²) < 4.78 is 20.4. The third-order valence-electron chi connectivity index (χ3n) is 4.18. The molecule has 0 aliphatic heterocycles. The minimum atomic E-state index is -0.395. The summed E-state index contributed by atoms with van der Waals surface area (Å²) >= 11 is 6.01. The summed E-state index contributed by atoms with van der Waals surface area (Å²) in [5.41, 5.74) is 3.79. The number of allylic oxidation sites excluding steroid dienone is 1. The monoisotopic (exact) mass is 495 g/mol. The molecule has 0 spiro atoms. The number of nitrogens with one attached hydrogen (secondary N) is 2. The molecule has 2 N–H and O–H groups in total. The Morgan fingerprint density at radius 2 is 1.91 bits per heavy atom. The van der Waals surface area contributed by atoms with E-state index in [1.807, 2.05) is 48.7 Å². The zero-order valence-electron chi connectivity index (χ0n) is 19.0. The van der Waals surface area contributed by atoms with Crippen molar-refractivity contribution < 1.29 is 13.9 Å². The average Bonchev–Trinajstić information content (AvgIpc) is 3.32. The van der Waals surface area contributed by atoms with Crippen LogP contribution in [0.4, 0.5) is 10.1 Å². The Labute approximate surface area is 208 Å². The van der Waals surface area contributed by atoms with Crippen molar-refractivity contribution in [2.45, 2.75) is 13.3 Å². The number of fused-ring (bicyclic) bond motifs is 1. The molecule has 0 fully saturated rings. The molecular weight excluding hydrogens is 469 g/mol. The number of rotatable bonds is 6. The van der Waals surface area contributed by atoms with Gasteiger partial charge in [-0.05, 0) is 36.1 Å². The fraction of sp³-hybridized carbons (Fsp3) is 0.115. The number of benzene rings is 2. The Bertz CT molecular complexity index is 1210. The van der Waals surface area contributed by atoms with Crippen LogP contribution in [0.5, 0.6) is 11.5 Å². The molecule has 0 atom stereocenters. The molecule has 2 aromatic carbocycles. The van der Waals surface area contributed by atoms with E-state index in [0.29, 0.717) is 17.9 Å². The Morgan fingerprint density at radius 1 is 1.18 bits per heavy atom. The Kier molecular flexibility index (Phi) is 11.4. The number of aromatic nitrogens is 1. The SMILES string of the molecule is C=CC.CNc1ccc(Oc2ccnc3ccsc23)c(F)c1.O=C(Cc1ccccc1)NC=S. The summed E-state index contributed by atoms with van der Waals surface area (Å²) in [4.78, 5) is 15.2. The molecule has 2 aromatic heterocycles. The Balaban J connectivity index is 0.000000234. The molecule has 0 aliphatic carbocycles. The van der Waals surface area contributed by atoms with Crippen molar-refractivity contribution in [3.63, 3.8) is 0 Å². The molecule has 5 nitrogen and oxygen atoms in total. The lowest BCUT2D eigenvalue weighted by atomic mass is 10.1. The van der Waals surface area contributed by atoms with Crippen molar-refractivity contribution in [3.05, 3.63) is 96.3 Å². The highest BCUT2D eigenvalue weighted by molar-refractivity contribution is 7.78. The van der Waals surface area contributed by atoms with E-state index in [1.165, 1.54) is 22.9 Å². The largest absolute Gasteiger partial charge is 0.453 e. The third-order valence-corrected chi connectivity index (χ3v) is 5.21. The Hall–Kier alpha value is -3.62. The van der Waals surface area contributed by atoms with Crippen LogP contribution in [-0.2, 0) is 11.2 Å². The first-order valence-electron chi connectivity index (χ1n) is 10.3. The zero-order valence-corrected chi connectivity index (χ0v) is 20.6. The first-order valence-corrected chi connectivity index (χ1v) is 11.7. The predicted molar refractivity (Wildman–Crippen MR) is 143 cm³/mol. The van der Waals surface area contributed by atoms with Gasteiger partial charge in [0.1, 0.15) is 5.75 Å². The number of carbonyl (C=O) groups excluding carboxylic acids is 1. The molecule has 34 heavy (non-hydrogen) atoms. The predicted octanol–water partition coefficient (Wildman–Crippen LogP) is 6.76. The number of thiophene rings is 1. The highest BCUT2D eigenvalue weighted by Crippen LogP contribution is 2.33. The lowest BCUT2D eigenvalue weighted by Crippen LogP contribution is -2.22. The number of anilines is 1. The van der Waals surface area contributed by atoms with Gasteiger partial charge in [-0.1, -0.05) is 48.6 Å². The van der Waals surface area contributed by atoms with Crippen LogP contribution >= 0.6 is 23.6 Å². The number of hydrogen-bond acceptors (Lipinski definition) is 6. The zero-order chi connectivity index (χ0) is 24.8. The van der Waals surface area contributed by atoms with Crippen LogP contribution in [0.2, 0.25) is 0 Å². The molecule has 0 unspecified atom stereocenters. The third kappa shape index (κ3) is 8.38. The van der Waals surface area contributed by atoms with Gasteiger partial charge in [-0.25, -0.2) is 4.39 Å². The maximum absolute atomic E-state index is 13.9. The maximum atomic E-state index is 13.9. The number of hydrogen-bond donors (Lipinski definition) is 2. The molecule has 2 heterocycles. The smallest absolute Gasteiger partial charge is 0.228 e. The van der Waals surface area contributed by atoms with Gasteiger partial charge in [-0.2, -0.15) is 0 Å². The van der Waals surface area contributed by atoms with E-state index in [0.717, 1.165) is 15.8 Å². The van der Waals surface area contributed by atoms with Crippen molar-refractivity contribution >= 4 is 50.9 Å². The highest BCUT2D eigenvalue weighted by Gasteiger charge is 2.09. The number of pyridine rings is 1. The summed E-state index contributed by atoms with van der Waals surface area (Å²) in [5.74, 6) is 0.362. The molecule has 8 heteroatoms. The van der Waals surface area contributed by atoms with Gasteiger partial charge >= 0.3 is 0 Å². The summed E-state index contributed by atoms with van der Waals surface area (Å²) in [6.45, 7) is 5.25. The molecule has 0 bridgehead atoms. The number of halogens is 1. The number of thiocarbonyl (C=S) groups is 1. The molecule has 0 radical (unpaired) electrons. The lowest BCUT2D eigenvalue weighted by molar-refractivity contribution is -0.118. The first-order chi connectivity index (χ1) is 16.5. The van der Waals surface area contributed by atoms with E-state index in [-0.39, 0.29) is 11.7 Å². The van der Waals surface area contributed by atoms with Crippen LogP contribution < -0.4 is 15.4 Å². The molecule has 0 saturated carbocycles.